The summed E-state index contributed by atoms with van der Waals surface area (Å²) in [5.74, 6) is -0.526. The van der Waals surface area contributed by atoms with E-state index in [1.54, 1.807) is 30.0 Å². The summed E-state index contributed by atoms with van der Waals surface area (Å²) in [5.41, 5.74) is 6.40. The van der Waals surface area contributed by atoms with E-state index >= 15 is 0 Å². The summed E-state index contributed by atoms with van der Waals surface area (Å²) in [6, 6.07) is 12.2. The molecule has 0 aliphatic carbocycles. The molecule has 4 nitrogen and oxygen atoms in total. The van der Waals surface area contributed by atoms with Gasteiger partial charge in [0.15, 0.2) is 0 Å². The average molecular weight is 318 g/mol. The Morgan fingerprint density at radius 3 is 2.27 bits per heavy atom. The Kier molecular flexibility index (Phi) is 5.55. The Balaban J connectivity index is 1.96. The minimum atomic E-state index is -0.506. The number of carbonyl (C=O) groups excluding carboxylic acids is 2. The van der Waals surface area contributed by atoms with Gasteiger partial charge in [-0.2, -0.15) is 11.8 Å². The van der Waals surface area contributed by atoms with E-state index in [1.165, 1.54) is 24.3 Å². The predicted octanol–water partition coefficient (Wildman–Crippen LogP) is 2.76. The number of nitrogens with one attached hydrogen (secondary N) is 2. The van der Waals surface area contributed by atoms with Gasteiger partial charge in [0.2, 0.25) is 0 Å². The van der Waals surface area contributed by atoms with Crippen LogP contribution >= 0.6 is 11.8 Å². The zero-order valence-corrected chi connectivity index (χ0v) is 12.7. The van der Waals surface area contributed by atoms with Crippen molar-refractivity contribution >= 4 is 23.6 Å². The number of halogens is 1. The second kappa shape index (κ2) is 7.61. The molecule has 0 atom stereocenters. The van der Waals surface area contributed by atoms with E-state index in [2.05, 4.69) is 10.9 Å². The highest BCUT2D eigenvalue weighted by Crippen LogP contribution is 2.11. The van der Waals surface area contributed by atoms with E-state index < -0.39 is 17.6 Å². The molecule has 6 heteroatoms. The molecule has 0 radical (unpaired) electrons. The van der Waals surface area contributed by atoms with Crippen molar-refractivity contribution in [1.29, 1.82) is 0 Å². The second-order valence-corrected chi connectivity index (χ2v) is 5.41. The number of hydrazine groups is 1. The van der Waals surface area contributed by atoms with Crippen LogP contribution in [0, 0.1) is 5.82 Å². The summed E-state index contributed by atoms with van der Waals surface area (Å²) in [6.45, 7) is 0. The van der Waals surface area contributed by atoms with Gasteiger partial charge in [-0.1, -0.05) is 12.1 Å². The van der Waals surface area contributed by atoms with Crippen LogP contribution in [0.1, 0.15) is 26.3 Å². The van der Waals surface area contributed by atoms with E-state index in [4.69, 9.17) is 0 Å². The molecule has 22 heavy (non-hydrogen) atoms. The number of rotatable bonds is 4. The molecule has 0 bridgehead atoms. The first kappa shape index (κ1) is 16.0. The quantitative estimate of drug-likeness (QED) is 0.852. The number of amides is 2. The van der Waals surface area contributed by atoms with Crippen LogP contribution < -0.4 is 10.9 Å². The van der Waals surface area contributed by atoms with E-state index in [1.807, 2.05) is 12.3 Å². The van der Waals surface area contributed by atoms with Crippen LogP contribution in [0.15, 0.2) is 48.5 Å². The van der Waals surface area contributed by atoms with Gasteiger partial charge >= 0.3 is 0 Å². The molecule has 2 N–H and O–H groups in total. The maximum atomic E-state index is 12.8. The molecule has 0 fully saturated rings. The molecule has 2 amide bonds. The molecule has 2 aromatic rings. The lowest BCUT2D eigenvalue weighted by Crippen LogP contribution is -2.41. The monoisotopic (exact) mass is 318 g/mol. The van der Waals surface area contributed by atoms with Gasteiger partial charge in [0.05, 0.1) is 0 Å². The Morgan fingerprint density at radius 1 is 1.00 bits per heavy atom. The van der Waals surface area contributed by atoms with Crippen LogP contribution in [-0.4, -0.2) is 18.1 Å². The molecular weight excluding hydrogens is 303 g/mol. The molecule has 0 aromatic heterocycles. The van der Waals surface area contributed by atoms with Gasteiger partial charge in [0.1, 0.15) is 5.82 Å². The third-order valence-corrected chi connectivity index (χ3v) is 3.52. The number of hydrogen-bond acceptors (Lipinski definition) is 3. The molecule has 114 valence electrons. The number of carbonyl (C=O) groups is 2. The van der Waals surface area contributed by atoms with Crippen LogP contribution in [0.3, 0.4) is 0 Å². The Labute approximate surface area is 132 Å². The zero-order valence-electron chi connectivity index (χ0n) is 11.9. The molecule has 0 spiro atoms. The minimum absolute atomic E-state index is 0.262. The SMILES string of the molecule is CSCc1cccc(C(=O)NNC(=O)c2ccc(F)cc2)c1. The Morgan fingerprint density at radius 2 is 1.64 bits per heavy atom. The van der Waals surface area contributed by atoms with Gasteiger partial charge in [-0.25, -0.2) is 4.39 Å². The average Bonchev–Trinajstić information content (AvgIpc) is 2.53. The lowest BCUT2D eigenvalue weighted by atomic mass is 10.1. The summed E-state index contributed by atoms with van der Waals surface area (Å²) in [7, 11) is 0. The number of hydrogen-bond donors (Lipinski definition) is 2. The maximum Gasteiger partial charge on any atom is 0.269 e. The molecule has 0 saturated heterocycles. The number of benzene rings is 2. The van der Waals surface area contributed by atoms with Gasteiger partial charge < -0.3 is 0 Å². The first-order chi connectivity index (χ1) is 10.6. The largest absolute Gasteiger partial charge is 0.269 e. The minimum Gasteiger partial charge on any atom is -0.267 e. The molecule has 2 aromatic carbocycles. The predicted molar refractivity (Wildman–Crippen MR) is 85.0 cm³/mol. The molecule has 0 heterocycles. The summed E-state index contributed by atoms with van der Waals surface area (Å²) in [6.07, 6.45) is 1.98. The highest BCUT2D eigenvalue weighted by molar-refractivity contribution is 7.97. The molecule has 0 saturated carbocycles. The van der Waals surface area contributed by atoms with Crippen LogP contribution in [-0.2, 0) is 5.75 Å². The molecule has 2 rings (SSSR count). The summed E-state index contributed by atoms with van der Waals surface area (Å²) in [5, 5.41) is 0. The van der Waals surface area contributed by atoms with E-state index in [-0.39, 0.29) is 5.56 Å². The first-order valence-electron chi connectivity index (χ1n) is 6.54. The van der Waals surface area contributed by atoms with Crippen LogP contribution in [0.5, 0.6) is 0 Å². The van der Waals surface area contributed by atoms with Crippen LogP contribution in [0.4, 0.5) is 4.39 Å². The highest BCUT2D eigenvalue weighted by atomic mass is 32.2. The van der Waals surface area contributed by atoms with Crippen molar-refractivity contribution in [2.45, 2.75) is 5.75 Å². The van der Waals surface area contributed by atoms with Crippen molar-refractivity contribution in [3.63, 3.8) is 0 Å². The summed E-state index contributed by atoms with van der Waals surface area (Å²) in [4.78, 5) is 23.8. The first-order valence-corrected chi connectivity index (χ1v) is 7.93. The lowest BCUT2D eigenvalue weighted by molar-refractivity contribution is 0.0846. The topological polar surface area (TPSA) is 58.2 Å². The van der Waals surface area contributed by atoms with E-state index in [0.717, 1.165) is 11.3 Å². The van der Waals surface area contributed by atoms with Crippen LogP contribution in [0.25, 0.3) is 0 Å². The zero-order chi connectivity index (χ0) is 15.9. The standard InChI is InChI=1S/C16H15FN2O2S/c1-22-10-11-3-2-4-13(9-11)16(21)19-18-15(20)12-5-7-14(17)8-6-12/h2-9H,10H2,1H3,(H,18,20)(H,19,21). The fourth-order valence-electron chi connectivity index (χ4n) is 1.83. The second-order valence-electron chi connectivity index (χ2n) is 4.55. The Hall–Kier alpha value is -2.34. The third-order valence-electron chi connectivity index (χ3n) is 2.90. The van der Waals surface area contributed by atoms with Crippen molar-refractivity contribution < 1.29 is 14.0 Å². The fourth-order valence-corrected chi connectivity index (χ4v) is 2.34. The van der Waals surface area contributed by atoms with Gasteiger partial charge in [0, 0.05) is 16.9 Å². The fraction of sp³-hybridized carbons (Fsp3) is 0.125. The lowest BCUT2D eigenvalue weighted by Gasteiger charge is -2.08. The molecular formula is C16H15FN2O2S. The van der Waals surface area contributed by atoms with Gasteiger partial charge in [-0.15, -0.1) is 0 Å². The third kappa shape index (κ3) is 4.33. The van der Waals surface area contributed by atoms with E-state index in [9.17, 15) is 14.0 Å². The summed E-state index contributed by atoms with van der Waals surface area (Å²) >= 11 is 1.66. The van der Waals surface area contributed by atoms with Crippen molar-refractivity contribution in [3.8, 4) is 0 Å². The van der Waals surface area contributed by atoms with E-state index in [0.29, 0.717) is 5.56 Å². The molecule has 0 unspecified atom stereocenters. The maximum absolute atomic E-state index is 12.8. The van der Waals surface area contributed by atoms with Crippen molar-refractivity contribution in [1.82, 2.24) is 10.9 Å². The van der Waals surface area contributed by atoms with Crippen molar-refractivity contribution in [3.05, 3.63) is 71.0 Å². The smallest absolute Gasteiger partial charge is 0.267 e. The molecule has 0 aliphatic rings. The van der Waals surface area contributed by atoms with Crippen LogP contribution in [0.2, 0.25) is 0 Å². The van der Waals surface area contributed by atoms with Crippen molar-refractivity contribution in [2.75, 3.05) is 6.26 Å². The highest BCUT2D eigenvalue weighted by Gasteiger charge is 2.09. The van der Waals surface area contributed by atoms with Gasteiger partial charge in [-0.3, -0.25) is 20.4 Å². The number of thioether (sulfide) groups is 1. The Bertz CT molecular complexity index is 674. The summed E-state index contributed by atoms with van der Waals surface area (Å²) < 4.78 is 12.8. The normalized spacial score (nSPS) is 10.1. The van der Waals surface area contributed by atoms with Crippen molar-refractivity contribution in [2.24, 2.45) is 0 Å². The van der Waals surface area contributed by atoms with Gasteiger partial charge in [0.25, 0.3) is 11.8 Å². The van der Waals surface area contributed by atoms with Gasteiger partial charge in [-0.05, 0) is 48.2 Å². The molecule has 0 aliphatic heterocycles.